The van der Waals surface area contributed by atoms with Gasteiger partial charge in [0.05, 0.1) is 0 Å². The summed E-state index contributed by atoms with van der Waals surface area (Å²) in [5, 5.41) is 0.920. The van der Waals surface area contributed by atoms with Crippen LogP contribution in [-0.2, 0) is 5.33 Å². The lowest BCUT2D eigenvalue weighted by molar-refractivity contribution is 1.06. The van der Waals surface area contributed by atoms with Gasteiger partial charge in [-0.2, -0.15) is 0 Å². The average molecular weight is 214 g/mol. The molecule has 0 saturated heterocycles. The Kier molecular flexibility index (Phi) is 2.66. The molecular weight excluding hydrogens is 202 g/mol. The summed E-state index contributed by atoms with van der Waals surface area (Å²) in [6.45, 7) is 6.19. The number of nitrogens with zero attached hydrogens (tertiary/aromatic N) is 1. The number of rotatable bonds is 1. The summed E-state index contributed by atoms with van der Waals surface area (Å²) in [6.07, 6.45) is 0. The van der Waals surface area contributed by atoms with Crippen LogP contribution < -0.4 is 0 Å². The second-order valence-corrected chi connectivity index (χ2v) is 3.33. The highest BCUT2D eigenvalue weighted by atomic mass is 79.9. The molecule has 60 valence electrons. The maximum Gasteiger partial charge on any atom is 0.0408 e. The fourth-order valence-corrected chi connectivity index (χ4v) is 1.69. The molecule has 0 bridgehead atoms. The zero-order valence-electron chi connectivity index (χ0n) is 7.11. The van der Waals surface area contributed by atoms with Crippen LogP contribution in [0.3, 0.4) is 0 Å². The normalized spacial score (nSPS) is 10.2. The van der Waals surface area contributed by atoms with E-state index in [4.69, 9.17) is 0 Å². The molecule has 1 rings (SSSR count). The molecule has 0 aliphatic heterocycles. The molecular formula is C9H12BrN. The summed E-state index contributed by atoms with van der Waals surface area (Å²) in [5.41, 5.74) is 4.88. The van der Waals surface area contributed by atoms with E-state index in [-0.39, 0.29) is 0 Å². The van der Waals surface area contributed by atoms with E-state index in [1.165, 1.54) is 11.1 Å². The van der Waals surface area contributed by atoms with E-state index in [1.807, 2.05) is 6.92 Å². The first-order valence-corrected chi connectivity index (χ1v) is 4.77. The average Bonchev–Trinajstić information content (AvgIpc) is 1.96. The van der Waals surface area contributed by atoms with Gasteiger partial charge in [0.15, 0.2) is 0 Å². The third-order valence-corrected chi connectivity index (χ3v) is 2.50. The summed E-state index contributed by atoms with van der Waals surface area (Å²) in [5.74, 6) is 0. The summed E-state index contributed by atoms with van der Waals surface area (Å²) in [4.78, 5) is 4.36. The van der Waals surface area contributed by atoms with E-state index < -0.39 is 0 Å². The van der Waals surface area contributed by atoms with Gasteiger partial charge in [0.2, 0.25) is 0 Å². The minimum absolute atomic E-state index is 0.920. The van der Waals surface area contributed by atoms with Crippen LogP contribution in [-0.4, -0.2) is 4.98 Å². The Morgan fingerprint density at radius 2 is 2.00 bits per heavy atom. The van der Waals surface area contributed by atoms with Crippen LogP contribution in [0.4, 0.5) is 0 Å². The van der Waals surface area contributed by atoms with E-state index in [0.29, 0.717) is 0 Å². The van der Waals surface area contributed by atoms with Crippen molar-refractivity contribution in [2.75, 3.05) is 0 Å². The van der Waals surface area contributed by atoms with E-state index in [2.05, 4.69) is 40.8 Å². The molecule has 0 aliphatic rings. The molecule has 0 fully saturated rings. The second kappa shape index (κ2) is 3.35. The van der Waals surface area contributed by atoms with Crippen molar-refractivity contribution in [2.24, 2.45) is 0 Å². The molecule has 1 heterocycles. The smallest absolute Gasteiger partial charge is 0.0408 e. The molecule has 0 spiro atoms. The van der Waals surface area contributed by atoms with E-state index in [0.717, 1.165) is 16.7 Å². The topological polar surface area (TPSA) is 12.9 Å². The first kappa shape index (κ1) is 8.72. The Morgan fingerprint density at radius 1 is 1.36 bits per heavy atom. The monoisotopic (exact) mass is 213 g/mol. The Balaban J connectivity index is 3.24. The van der Waals surface area contributed by atoms with Gasteiger partial charge in [0.1, 0.15) is 0 Å². The number of halogens is 1. The number of alkyl halides is 1. The molecule has 11 heavy (non-hydrogen) atoms. The maximum absolute atomic E-state index is 4.36. The van der Waals surface area contributed by atoms with Crippen LogP contribution in [0.25, 0.3) is 0 Å². The highest BCUT2D eigenvalue weighted by molar-refractivity contribution is 9.08. The van der Waals surface area contributed by atoms with Gasteiger partial charge in [-0.15, -0.1) is 0 Å². The van der Waals surface area contributed by atoms with Gasteiger partial charge in [-0.1, -0.05) is 15.9 Å². The summed E-state index contributed by atoms with van der Waals surface area (Å²) in [6, 6.07) is 2.12. The van der Waals surface area contributed by atoms with Crippen LogP contribution in [0.1, 0.15) is 22.5 Å². The minimum atomic E-state index is 0.920. The lowest BCUT2D eigenvalue weighted by atomic mass is 10.1. The van der Waals surface area contributed by atoms with Crippen molar-refractivity contribution in [3.8, 4) is 0 Å². The first-order valence-electron chi connectivity index (χ1n) is 3.65. The van der Waals surface area contributed by atoms with Crippen LogP contribution in [0.15, 0.2) is 6.07 Å². The maximum atomic E-state index is 4.36. The van der Waals surface area contributed by atoms with Crippen LogP contribution in [0.2, 0.25) is 0 Å². The molecule has 1 aromatic heterocycles. The van der Waals surface area contributed by atoms with Crippen LogP contribution >= 0.6 is 15.9 Å². The van der Waals surface area contributed by atoms with Crippen molar-refractivity contribution < 1.29 is 0 Å². The number of hydrogen-bond donors (Lipinski definition) is 0. The molecule has 1 aromatic rings. The zero-order chi connectivity index (χ0) is 8.43. The molecule has 0 radical (unpaired) electrons. The minimum Gasteiger partial charge on any atom is -0.258 e. The van der Waals surface area contributed by atoms with Gasteiger partial charge in [0.25, 0.3) is 0 Å². The van der Waals surface area contributed by atoms with Crippen molar-refractivity contribution in [3.63, 3.8) is 0 Å². The lowest BCUT2D eigenvalue weighted by Gasteiger charge is -2.05. The van der Waals surface area contributed by atoms with Crippen molar-refractivity contribution in [2.45, 2.75) is 26.1 Å². The summed E-state index contributed by atoms with van der Waals surface area (Å²) >= 11 is 3.45. The van der Waals surface area contributed by atoms with Gasteiger partial charge < -0.3 is 0 Å². The molecule has 0 N–H and O–H groups in total. The summed E-state index contributed by atoms with van der Waals surface area (Å²) < 4.78 is 0. The molecule has 0 amide bonds. The fourth-order valence-electron chi connectivity index (χ4n) is 1.11. The Morgan fingerprint density at radius 3 is 2.55 bits per heavy atom. The fraction of sp³-hybridized carbons (Fsp3) is 0.444. The van der Waals surface area contributed by atoms with Crippen molar-refractivity contribution in [1.29, 1.82) is 0 Å². The summed E-state index contributed by atoms with van der Waals surface area (Å²) in [7, 11) is 0. The Bertz CT molecular complexity index is 269. The van der Waals surface area contributed by atoms with Gasteiger partial charge in [0, 0.05) is 16.7 Å². The third-order valence-electron chi connectivity index (χ3n) is 1.90. The quantitative estimate of drug-likeness (QED) is 0.655. The molecule has 1 nitrogen and oxygen atoms in total. The largest absolute Gasteiger partial charge is 0.258 e. The highest BCUT2D eigenvalue weighted by Gasteiger charge is 2.01. The van der Waals surface area contributed by atoms with E-state index >= 15 is 0 Å². The number of aryl methyl sites for hydroxylation is 2. The van der Waals surface area contributed by atoms with Gasteiger partial charge in [-0.3, -0.25) is 4.98 Å². The second-order valence-electron chi connectivity index (χ2n) is 2.77. The van der Waals surface area contributed by atoms with Crippen molar-refractivity contribution >= 4 is 15.9 Å². The standard InChI is InChI=1S/C9H12BrN/c1-6-4-9(5-10)7(2)8(3)11-6/h4H,5H2,1-3H3. The molecule has 0 saturated carbocycles. The third kappa shape index (κ3) is 1.80. The first-order chi connectivity index (χ1) is 5.15. The van der Waals surface area contributed by atoms with E-state index in [9.17, 15) is 0 Å². The van der Waals surface area contributed by atoms with E-state index in [1.54, 1.807) is 0 Å². The number of aromatic nitrogens is 1. The molecule has 0 atom stereocenters. The zero-order valence-corrected chi connectivity index (χ0v) is 8.70. The SMILES string of the molecule is Cc1cc(CBr)c(C)c(C)n1. The number of pyridine rings is 1. The van der Waals surface area contributed by atoms with Crippen molar-refractivity contribution in [3.05, 3.63) is 28.6 Å². The molecule has 0 aromatic carbocycles. The van der Waals surface area contributed by atoms with Crippen molar-refractivity contribution in [1.82, 2.24) is 4.98 Å². The van der Waals surface area contributed by atoms with Crippen LogP contribution in [0, 0.1) is 20.8 Å². The predicted octanol–water partition coefficient (Wildman–Crippen LogP) is 2.90. The highest BCUT2D eigenvalue weighted by Crippen LogP contribution is 2.15. The number of hydrogen-bond acceptors (Lipinski definition) is 1. The Hall–Kier alpha value is -0.370. The van der Waals surface area contributed by atoms with Crippen LogP contribution in [0.5, 0.6) is 0 Å². The Labute approximate surface area is 76.0 Å². The van der Waals surface area contributed by atoms with Gasteiger partial charge in [-0.05, 0) is 38.0 Å². The van der Waals surface area contributed by atoms with Gasteiger partial charge in [-0.25, -0.2) is 0 Å². The lowest BCUT2D eigenvalue weighted by Crippen LogP contribution is -1.94. The molecule has 0 unspecified atom stereocenters. The predicted molar refractivity (Wildman–Crippen MR) is 51.1 cm³/mol. The van der Waals surface area contributed by atoms with Gasteiger partial charge >= 0.3 is 0 Å². The molecule has 2 heteroatoms. The molecule has 0 aliphatic carbocycles.